The number of para-hydroxylation sites is 1. The number of halogens is 1. The summed E-state index contributed by atoms with van der Waals surface area (Å²) in [6.07, 6.45) is 0.466. The van der Waals surface area contributed by atoms with Crippen LogP contribution in [0.3, 0.4) is 0 Å². The van der Waals surface area contributed by atoms with Crippen LogP contribution >= 0.6 is 0 Å². The topological polar surface area (TPSA) is 90.0 Å². The average molecular weight is 465 g/mol. The summed E-state index contributed by atoms with van der Waals surface area (Å²) in [6.45, 7) is 1.09. The molecule has 0 heterocycles. The van der Waals surface area contributed by atoms with E-state index in [0.717, 1.165) is 20.2 Å². The third-order valence-electron chi connectivity index (χ3n) is 5.04. The molecule has 2 rings (SSSR count). The second-order valence-corrected chi connectivity index (χ2v) is 9.43. The fourth-order valence-electron chi connectivity index (χ4n) is 3.13. The van der Waals surface area contributed by atoms with Gasteiger partial charge in [-0.05, 0) is 31.0 Å². The number of benzene rings is 2. The summed E-state index contributed by atoms with van der Waals surface area (Å²) in [5.74, 6) is -1.79. The summed E-state index contributed by atoms with van der Waals surface area (Å²) in [6, 6.07) is 13.9. The van der Waals surface area contributed by atoms with Crippen molar-refractivity contribution in [1.82, 2.24) is 14.5 Å². The lowest BCUT2D eigenvalue weighted by Gasteiger charge is -2.32. The normalized spacial score (nSPS) is 12.3. The quantitative estimate of drug-likeness (QED) is 0.579. The Morgan fingerprint density at radius 1 is 1.03 bits per heavy atom. The van der Waals surface area contributed by atoms with E-state index < -0.39 is 34.5 Å². The van der Waals surface area contributed by atoms with Gasteiger partial charge in [-0.2, -0.15) is 12.7 Å². The first kappa shape index (κ1) is 25.3. The van der Waals surface area contributed by atoms with Crippen molar-refractivity contribution in [2.75, 3.05) is 38.5 Å². The SMILES string of the molecule is CNC(=O)[C@@H](C)N(CCc1ccccc1)C(=O)CN(c1ccccc1F)S(=O)(=O)N(C)C. The number of carbonyl (C=O) groups excluding carboxylic acids is 2. The van der Waals surface area contributed by atoms with E-state index in [9.17, 15) is 22.4 Å². The van der Waals surface area contributed by atoms with Crippen molar-refractivity contribution in [2.24, 2.45) is 0 Å². The molecule has 0 aliphatic rings. The van der Waals surface area contributed by atoms with Gasteiger partial charge < -0.3 is 10.2 Å². The predicted octanol–water partition coefficient (Wildman–Crippen LogP) is 1.64. The maximum absolute atomic E-state index is 14.5. The fourth-order valence-corrected chi connectivity index (χ4v) is 4.20. The molecule has 0 aromatic heterocycles. The van der Waals surface area contributed by atoms with Crippen LogP contribution in [0.15, 0.2) is 54.6 Å². The number of likely N-dealkylation sites (N-methyl/N-ethyl adjacent to an activating group) is 1. The van der Waals surface area contributed by atoms with E-state index in [2.05, 4.69) is 5.32 Å². The average Bonchev–Trinajstić information content (AvgIpc) is 2.78. The van der Waals surface area contributed by atoms with Gasteiger partial charge in [0, 0.05) is 27.7 Å². The highest BCUT2D eigenvalue weighted by Crippen LogP contribution is 2.23. The largest absolute Gasteiger partial charge is 0.357 e. The molecule has 0 saturated heterocycles. The highest BCUT2D eigenvalue weighted by atomic mass is 32.2. The lowest BCUT2D eigenvalue weighted by molar-refractivity contribution is -0.138. The molecule has 0 bridgehead atoms. The van der Waals surface area contributed by atoms with E-state index in [1.165, 1.54) is 44.2 Å². The van der Waals surface area contributed by atoms with Crippen LogP contribution in [-0.2, 0) is 26.2 Å². The zero-order valence-corrected chi connectivity index (χ0v) is 19.5. The van der Waals surface area contributed by atoms with Gasteiger partial charge in [-0.25, -0.2) is 8.70 Å². The zero-order chi connectivity index (χ0) is 23.9. The van der Waals surface area contributed by atoms with Gasteiger partial charge in [-0.1, -0.05) is 42.5 Å². The number of nitrogens with zero attached hydrogens (tertiary/aromatic N) is 3. The fraction of sp³-hybridized carbons (Fsp3) is 0.364. The number of amides is 2. The van der Waals surface area contributed by atoms with Crippen molar-refractivity contribution >= 4 is 27.7 Å². The van der Waals surface area contributed by atoms with Gasteiger partial charge in [0.05, 0.1) is 5.69 Å². The summed E-state index contributed by atoms with van der Waals surface area (Å²) in [7, 11) is -0.125. The lowest BCUT2D eigenvalue weighted by atomic mass is 10.1. The van der Waals surface area contributed by atoms with Crippen molar-refractivity contribution in [3.8, 4) is 0 Å². The van der Waals surface area contributed by atoms with Crippen LogP contribution in [0.4, 0.5) is 10.1 Å². The maximum atomic E-state index is 14.5. The molecule has 32 heavy (non-hydrogen) atoms. The highest BCUT2D eigenvalue weighted by Gasteiger charge is 2.33. The molecule has 0 fully saturated rings. The Hall–Kier alpha value is -2.98. The Kier molecular flexibility index (Phi) is 8.73. The Balaban J connectivity index is 2.38. The van der Waals surface area contributed by atoms with E-state index in [4.69, 9.17) is 0 Å². The highest BCUT2D eigenvalue weighted by molar-refractivity contribution is 7.90. The standard InChI is InChI=1S/C22H29FN4O4S/c1-17(22(29)24-2)26(15-14-18-10-6-5-7-11-18)21(28)16-27(32(30,31)25(3)4)20-13-9-8-12-19(20)23/h5-13,17H,14-16H2,1-4H3,(H,24,29)/t17-/m1/s1. The number of anilines is 1. The molecule has 0 radical (unpaired) electrons. The first-order chi connectivity index (χ1) is 15.1. The molecule has 1 N–H and O–H groups in total. The van der Waals surface area contributed by atoms with Gasteiger partial charge in [0.25, 0.3) is 0 Å². The minimum absolute atomic E-state index is 0.185. The molecule has 10 heteroatoms. The first-order valence-corrected chi connectivity index (χ1v) is 11.5. The first-order valence-electron chi connectivity index (χ1n) is 10.1. The smallest absolute Gasteiger partial charge is 0.304 e. The number of hydrogen-bond donors (Lipinski definition) is 1. The molecule has 1 atom stereocenters. The summed E-state index contributed by atoms with van der Waals surface area (Å²) in [5.41, 5.74) is 0.714. The van der Waals surface area contributed by atoms with Crippen molar-refractivity contribution < 1.29 is 22.4 Å². The van der Waals surface area contributed by atoms with Gasteiger partial charge in [0.1, 0.15) is 18.4 Å². The van der Waals surface area contributed by atoms with Crippen LogP contribution in [0, 0.1) is 5.82 Å². The summed E-state index contributed by atoms with van der Waals surface area (Å²) < 4.78 is 41.9. The van der Waals surface area contributed by atoms with Crippen LogP contribution in [0.25, 0.3) is 0 Å². The van der Waals surface area contributed by atoms with Crippen LogP contribution in [0.1, 0.15) is 12.5 Å². The van der Waals surface area contributed by atoms with E-state index in [-0.39, 0.29) is 18.1 Å². The van der Waals surface area contributed by atoms with Crippen molar-refractivity contribution in [2.45, 2.75) is 19.4 Å². The van der Waals surface area contributed by atoms with Crippen molar-refractivity contribution in [1.29, 1.82) is 0 Å². The van der Waals surface area contributed by atoms with Gasteiger partial charge >= 0.3 is 10.2 Å². The Morgan fingerprint density at radius 3 is 2.19 bits per heavy atom. The molecular formula is C22H29FN4O4S. The van der Waals surface area contributed by atoms with Gasteiger partial charge in [0.15, 0.2) is 0 Å². The second kappa shape index (κ2) is 11.1. The number of rotatable bonds is 10. The van der Waals surface area contributed by atoms with Crippen LogP contribution < -0.4 is 9.62 Å². The van der Waals surface area contributed by atoms with Crippen LogP contribution in [0.5, 0.6) is 0 Å². The van der Waals surface area contributed by atoms with Crippen LogP contribution in [0.2, 0.25) is 0 Å². The third kappa shape index (κ3) is 6.04. The lowest BCUT2D eigenvalue weighted by Crippen LogP contribution is -2.53. The van der Waals surface area contributed by atoms with Crippen LogP contribution in [-0.4, -0.2) is 69.7 Å². The van der Waals surface area contributed by atoms with Gasteiger partial charge in [-0.3, -0.25) is 9.59 Å². The molecule has 174 valence electrons. The molecule has 2 aromatic rings. The Morgan fingerprint density at radius 2 is 1.62 bits per heavy atom. The Bertz CT molecular complexity index is 1030. The number of carbonyl (C=O) groups is 2. The molecular weight excluding hydrogens is 435 g/mol. The molecule has 0 aliphatic carbocycles. The minimum atomic E-state index is -4.18. The molecule has 8 nitrogen and oxygen atoms in total. The molecule has 0 aliphatic heterocycles. The van der Waals surface area contributed by atoms with E-state index in [1.54, 1.807) is 6.92 Å². The van der Waals surface area contributed by atoms with E-state index >= 15 is 0 Å². The second-order valence-electron chi connectivity index (χ2n) is 7.36. The van der Waals surface area contributed by atoms with Gasteiger partial charge in [0.2, 0.25) is 11.8 Å². The van der Waals surface area contributed by atoms with E-state index in [0.29, 0.717) is 6.42 Å². The summed E-state index contributed by atoms with van der Waals surface area (Å²) in [5, 5.41) is 2.51. The minimum Gasteiger partial charge on any atom is -0.357 e. The monoisotopic (exact) mass is 464 g/mol. The Labute approximate surface area is 188 Å². The molecule has 2 amide bonds. The summed E-state index contributed by atoms with van der Waals surface area (Å²) in [4.78, 5) is 26.9. The summed E-state index contributed by atoms with van der Waals surface area (Å²) >= 11 is 0. The van der Waals surface area contributed by atoms with Crippen molar-refractivity contribution in [3.63, 3.8) is 0 Å². The molecule has 2 aromatic carbocycles. The van der Waals surface area contributed by atoms with Gasteiger partial charge in [-0.15, -0.1) is 0 Å². The maximum Gasteiger partial charge on any atom is 0.304 e. The number of nitrogens with one attached hydrogen (secondary N) is 1. The molecule has 0 spiro atoms. The van der Waals surface area contributed by atoms with E-state index in [1.807, 2.05) is 30.3 Å². The van der Waals surface area contributed by atoms with Crippen molar-refractivity contribution in [3.05, 3.63) is 66.0 Å². The zero-order valence-electron chi connectivity index (χ0n) is 18.7. The molecule has 0 unspecified atom stereocenters. The predicted molar refractivity (Wildman–Crippen MR) is 122 cm³/mol. The molecule has 0 saturated carbocycles. The third-order valence-corrected chi connectivity index (χ3v) is 6.84. The number of hydrogen-bond acceptors (Lipinski definition) is 4.